The van der Waals surface area contributed by atoms with Gasteiger partial charge >= 0.3 is 0 Å². The summed E-state index contributed by atoms with van der Waals surface area (Å²) in [5.74, 6) is 3.80. The topological polar surface area (TPSA) is 40.5 Å². The molecule has 0 bridgehead atoms. The van der Waals surface area contributed by atoms with E-state index in [1.807, 2.05) is 0 Å². The molecule has 2 nitrogen and oxygen atoms in total. The Hall–Kier alpha value is -0.600. The Bertz CT molecular complexity index is 676. The zero-order chi connectivity index (χ0) is 21.0. The van der Waals surface area contributed by atoms with Gasteiger partial charge in [0.1, 0.15) is 6.10 Å². The maximum absolute atomic E-state index is 10.7. The minimum atomic E-state index is -0.669. The summed E-state index contributed by atoms with van der Waals surface area (Å²) < 4.78 is 0. The van der Waals surface area contributed by atoms with Gasteiger partial charge in [0.15, 0.2) is 0 Å². The molecule has 0 aromatic carbocycles. The van der Waals surface area contributed by atoms with E-state index in [-0.39, 0.29) is 5.41 Å². The van der Waals surface area contributed by atoms with E-state index in [1.165, 1.54) is 44.9 Å². The van der Waals surface area contributed by atoms with Crippen molar-refractivity contribution in [2.45, 2.75) is 105 Å². The molecule has 8 atom stereocenters. The quantitative estimate of drug-likeness (QED) is 0.570. The molecule has 4 rings (SSSR count). The summed E-state index contributed by atoms with van der Waals surface area (Å²) in [4.78, 5) is 0. The van der Waals surface area contributed by atoms with Crippen LogP contribution in [-0.2, 0) is 0 Å². The molecule has 0 aromatic rings. The zero-order valence-electron chi connectivity index (χ0n) is 19.5. The van der Waals surface area contributed by atoms with Gasteiger partial charge in [0.2, 0.25) is 0 Å². The molecule has 0 aromatic heterocycles. The highest BCUT2D eigenvalue weighted by Gasteiger charge is 2.57. The number of allylic oxidation sites excluding steroid dienone is 3. The van der Waals surface area contributed by atoms with E-state index in [0.29, 0.717) is 11.3 Å². The molecule has 1 unspecified atom stereocenters. The summed E-state index contributed by atoms with van der Waals surface area (Å²) >= 11 is 0. The van der Waals surface area contributed by atoms with Crippen LogP contribution in [0.3, 0.4) is 0 Å². The standard InChI is InChI=1S/C27H44O2/c1-17(2)7-6-8-18(3)20-11-12-21-19-9-10-23-25(29)24(28)14-16-27(23,5)22(19)13-15-26(20,21)4/h9-10,17-18,20-22,24-25,28-29H,6-8,11-16H2,1-5H3/t18?,20-,21+,22+,24+,25+,26-,27-/m1/s1. The fraction of sp³-hybridized carbons (Fsp3) is 0.852. The van der Waals surface area contributed by atoms with Gasteiger partial charge in [-0.05, 0) is 84.5 Å². The Labute approximate surface area is 178 Å². The van der Waals surface area contributed by atoms with Crippen LogP contribution in [0, 0.1) is 40.4 Å². The van der Waals surface area contributed by atoms with Crippen LogP contribution in [0.25, 0.3) is 0 Å². The molecule has 0 aliphatic heterocycles. The zero-order valence-corrected chi connectivity index (χ0v) is 19.5. The third-order valence-corrected chi connectivity index (χ3v) is 9.84. The first kappa shape index (κ1) is 21.6. The van der Waals surface area contributed by atoms with Gasteiger partial charge in [-0.15, -0.1) is 0 Å². The first-order chi connectivity index (χ1) is 13.7. The molecule has 2 heteroatoms. The first-order valence-electron chi connectivity index (χ1n) is 12.5. The molecule has 0 amide bonds. The van der Waals surface area contributed by atoms with Crippen LogP contribution < -0.4 is 0 Å². The maximum Gasteiger partial charge on any atom is 0.102 e. The Balaban J connectivity index is 1.55. The highest BCUT2D eigenvalue weighted by atomic mass is 16.3. The van der Waals surface area contributed by atoms with E-state index in [0.717, 1.165) is 42.1 Å². The summed E-state index contributed by atoms with van der Waals surface area (Å²) in [5.41, 5.74) is 3.29. The van der Waals surface area contributed by atoms with Crippen LogP contribution >= 0.6 is 0 Å². The van der Waals surface area contributed by atoms with Crippen LogP contribution in [0.5, 0.6) is 0 Å². The highest BCUT2D eigenvalue weighted by Crippen LogP contribution is 2.66. The molecule has 164 valence electrons. The number of rotatable bonds is 5. The van der Waals surface area contributed by atoms with Crippen molar-refractivity contribution in [2.75, 3.05) is 0 Å². The molecule has 3 fully saturated rings. The molecular weight excluding hydrogens is 356 g/mol. The van der Waals surface area contributed by atoms with Crippen LogP contribution in [0.1, 0.15) is 92.4 Å². The minimum Gasteiger partial charge on any atom is -0.390 e. The molecule has 2 N–H and O–H groups in total. The minimum absolute atomic E-state index is 0.0467. The molecule has 0 heterocycles. The fourth-order valence-corrected chi connectivity index (χ4v) is 8.08. The molecule has 29 heavy (non-hydrogen) atoms. The monoisotopic (exact) mass is 400 g/mol. The van der Waals surface area contributed by atoms with E-state index >= 15 is 0 Å². The predicted octanol–water partition coefficient (Wildman–Crippen LogP) is 6.28. The Kier molecular flexibility index (Phi) is 5.84. The average molecular weight is 401 g/mol. The number of aliphatic hydroxyl groups excluding tert-OH is 2. The second-order valence-corrected chi connectivity index (χ2v) is 11.9. The highest BCUT2D eigenvalue weighted by molar-refractivity contribution is 5.40. The van der Waals surface area contributed by atoms with Gasteiger partial charge in [0, 0.05) is 0 Å². The lowest BCUT2D eigenvalue weighted by molar-refractivity contribution is -0.0283. The number of hydrogen-bond donors (Lipinski definition) is 2. The van der Waals surface area contributed by atoms with Gasteiger partial charge in [0.25, 0.3) is 0 Å². The van der Waals surface area contributed by atoms with E-state index in [1.54, 1.807) is 5.57 Å². The summed E-state index contributed by atoms with van der Waals surface area (Å²) in [5, 5.41) is 20.9. The van der Waals surface area contributed by atoms with E-state index in [2.05, 4.69) is 46.8 Å². The van der Waals surface area contributed by atoms with Gasteiger partial charge in [-0.2, -0.15) is 0 Å². The van der Waals surface area contributed by atoms with Gasteiger partial charge in [-0.3, -0.25) is 0 Å². The summed E-state index contributed by atoms with van der Waals surface area (Å²) in [6, 6.07) is 0. The third kappa shape index (κ3) is 3.47. The lowest BCUT2D eigenvalue weighted by Gasteiger charge is -2.56. The SMILES string of the molecule is CC(C)CCCC(C)[C@H]1CC[C@H]2C3=CC=C4[C@H](O)[C@@H](O)CC[C@]4(C)[C@H]3CC[C@]12C. The van der Waals surface area contributed by atoms with E-state index in [4.69, 9.17) is 0 Å². The number of aliphatic hydroxyl groups is 2. The van der Waals surface area contributed by atoms with Gasteiger partial charge in [0.05, 0.1) is 6.10 Å². The smallest absolute Gasteiger partial charge is 0.102 e. The lowest BCUT2D eigenvalue weighted by Crippen LogP contribution is -2.50. The number of fused-ring (bicyclic) bond motifs is 5. The second-order valence-electron chi connectivity index (χ2n) is 11.9. The van der Waals surface area contributed by atoms with Crippen molar-refractivity contribution >= 4 is 0 Å². The number of hydrogen-bond acceptors (Lipinski definition) is 2. The van der Waals surface area contributed by atoms with Crippen LogP contribution in [0.15, 0.2) is 23.3 Å². The van der Waals surface area contributed by atoms with Crippen LogP contribution in [-0.4, -0.2) is 22.4 Å². The van der Waals surface area contributed by atoms with Crippen LogP contribution in [0.2, 0.25) is 0 Å². The van der Waals surface area contributed by atoms with E-state index < -0.39 is 12.2 Å². The van der Waals surface area contributed by atoms with Gasteiger partial charge < -0.3 is 10.2 Å². The van der Waals surface area contributed by atoms with E-state index in [9.17, 15) is 10.2 Å². The van der Waals surface area contributed by atoms with Crippen molar-refractivity contribution in [3.63, 3.8) is 0 Å². The summed E-state index contributed by atoms with van der Waals surface area (Å²) in [6.45, 7) is 12.2. The second kappa shape index (κ2) is 7.83. The normalized spacial score (nSPS) is 45.2. The maximum atomic E-state index is 10.7. The van der Waals surface area contributed by atoms with Crippen molar-refractivity contribution < 1.29 is 10.2 Å². The fourth-order valence-electron chi connectivity index (χ4n) is 8.08. The molecular formula is C27H44O2. The van der Waals surface area contributed by atoms with Crippen LogP contribution in [0.4, 0.5) is 0 Å². The largest absolute Gasteiger partial charge is 0.390 e. The lowest BCUT2D eigenvalue weighted by atomic mass is 9.49. The molecule has 0 radical (unpaired) electrons. The first-order valence-corrected chi connectivity index (χ1v) is 12.5. The molecule has 3 saturated carbocycles. The summed E-state index contributed by atoms with van der Waals surface area (Å²) in [7, 11) is 0. The Morgan fingerprint density at radius 1 is 0.931 bits per heavy atom. The molecule has 4 aliphatic rings. The Morgan fingerprint density at radius 3 is 2.41 bits per heavy atom. The van der Waals surface area contributed by atoms with Gasteiger partial charge in [-0.25, -0.2) is 0 Å². The van der Waals surface area contributed by atoms with Crippen molar-refractivity contribution in [3.05, 3.63) is 23.3 Å². The predicted molar refractivity (Wildman–Crippen MR) is 120 cm³/mol. The molecule has 0 spiro atoms. The van der Waals surface area contributed by atoms with Crippen molar-refractivity contribution in [1.29, 1.82) is 0 Å². The van der Waals surface area contributed by atoms with Crippen molar-refractivity contribution in [1.82, 2.24) is 0 Å². The van der Waals surface area contributed by atoms with Gasteiger partial charge in [-0.1, -0.05) is 71.6 Å². The van der Waals surface area contributed by atoms with Crippen molar-refractivity contribution in [3.8, 4) is 0 Å². The molecule has 0 saturated heterocycles. The third-order valence-electron chi connectivity index (χ3n) is 9.84. The van der Waals surface area contributed by atoms with Crippen molar-refractivity contribution in [2.24, 2.45) is 40.4 Å². The Morgan fingerprint density at radius 2 is 1.69 bits per heavy atom. The average Bonchev–Trinajstić information content (AvgIpc) is 3.02. The summed E-state index contributed by atoms with van der Waals surface area (Å²) in [6.07, 6.45) is 14.5. The molecule has 4 aliphatic carbocycles.